The van der Waals surface area contributed by atoms with Gasteiger partial charge in [0.1, 0.15) is 23.4 Å². The normalized spacial score (nSPS) is 11.6. The van der Waals surface area contributed by atoms with E-state index >= 15 is 0 Å². The smallest absolute Gasteiger partial charge is 0.420 e. The molecule has 0 spiro atoms. The first kappa shape index (κ1) is 16.1. The highest BCUT2D eigenvalue weighted by Crippen LogP contribution is 2.42. The summed E-state index contributed by atoms with van der Waals surface area (Å²) in [6.45, 7) is 3.72. The second-order valence-electron chi connectivity index (χ2n) is 4.92. The summed E-state index contributed by atoms with van der Waals surface area (Å²) in [6, 6.07) is 2.30. The molecule has 2 aromatic rings. The van der Waals surface area contributed by atoms with Gasteiger partial charge in [0.25, 0.3) is 0 Å². The van der Waals surface area contributed by atoms with Crippen molar-refractivity contribution in [2.45, 2.75) is 25.9 Å². The Labute approximate surface area is 125 Å². The summed E-state index contributed by atoms with van der Waals surface area (Å²) in [4.78, 5) is 7.55. The second-order valence-corrected chi connectivity index (χ2v) is 4.92. The van der Waals surface area contributed by atoms with Crippen LogP contribution in [-0.4, -0.2) is 17.1 Å². The van der Waals surface area contributed by atoms with Crippen molar-refractivity contribution in [1.82, 2.24) is 9.97 Å². The predicted octanol–water partition coefficient (Wildman–Crippen LogP) is 4.42. The maximum atomic E-state index is 13.1. The predicted molar refractivity (Wildman–Crippen MR) is 74.2 cm³/mol. The molecule has 0 N–H and O–H groups in total. The van der Waals surface area contributed by atoms with Gasteiger partial charge in [0.2, 0.25) is 0 Å². The number of nitrogens with zero attached hydrogens (tertiary/aromatic N) is 2. The van der Waals surface area contributed by atoms with Crippen LogP contribution >= 0.6 is 0 Å². The number of ether oxygens (including phenoxy) is 2. The zero-order valence-electron chi connectivity index (χ0n) is 12.3. The Morgan fingerprint density at radius 1 is 1.05 bits per heavy atom. The van der Waals surface area contributed by atoms with Gasteiger partial charge in [-0.05, 0) is 18.1 Å². The van der Waals surface area contributed by atoms with E-state index in [0.29, 0.717) is 5.56 Å². The molecule has 4 nitrogen and oxygen atoms in total. The minimum Gasteiger partial charge on any atom is -0.496 e. The van der Waals surface area contributed by atoms with Crippen LogP contribution < -0.4 is 9.47 Å². The SMILES string of the molecule is COc1cc(C(C)C)c(Oc2cncnc2)cc1C(F)(F)F. The highest BCUT2D eigenvalue weighted by Gasteiger charge is 2.36. The first-order chi connectivity index (χ1) is 10.3. The molecule has 2 rings (SSSR count). The van der Waals surface area contributed by atoms with Crippen LogP contribution in [0.5, 0.6) is 17.2 Å². The summed E-state index contributed by atoms with van der Waals surface area (Å²) in [5, 5.41) is 0. The molecule has 0 atom stereocenters. The van der Waals surface area contributed by atoms with Crippen LogP contribution in [0.4, 0.5) is 13.2 Å². The Morgan fingerprint density at radius 3 is 2.18 bits per heavy atom. The van der Waals surface area contributed by atoms with Crippen LogP contribution in [0.2, 0.25) is 0 Å². The Hall–Kier alpha value is -2.31. The zero-order chi connectivity index (χ0) is 16.3. The topological polar surface area (TPSA) is 44.2 Å². The van der Waals surface area contributed by atoms with Crippen molar-refractivity contribution in [2.75, 3.05) is 7.11 Å². The van der Waals surface area contributed by atoms with Crippen LogP contribution in [0.25, 0.3) is 0 Å². The summed E-state index contributed by atoms with van der Waals surface area (Å²) in [6.07, 6.45) is -0.458. The average Bonchev–Trinajstić information content (AvgIpc) is 2.46. The zero-order valence-corrected chi connectivity index (χ0v) is 12.3. The molecule has 0 radical (unpaired) electrons. The molecule has 0 bridgehead atoms. The monoisotopic (exact) mass is 312 g/mol. The van der Waals surface area contributed by atoms with Gasteiger partial charge in [0, 0.05) is 5.56 Å². The number of aromatic nitrogens is 2. The van der Waals surface area contributed by atoms with Gasteiger partial charge in [-0.2, -0.15) is 13.2 Å². The minimum absolute atomic E-state index is 0.0455. The summed E-state index contributed by atoms with van der Waals surface area (Å²) in [5.41, 5.74) is -0.278. The van der Waals surface area contributed by atoms with E-state index in [4.69, 9.17) is 9.47 Å². The number of methoxy groups -OCH3 is 1. The fraction of sp³-hybridized carbons (Fsp3) is 0.333. The van der Waals surface area contributed by atoms with E-state index in [1.54, 1.807) is 0 Å². The van der Waals surface area contributed by atoms with Gasteiger partial charge in [0.15, 0.2) is 5.75 Å². The van der Waals surface area contributed by atoms with Crippen molar-refractivity contribution in [1.29, 1.82) is 0 Å². The Bertz CT molecular complexity index is 643. The van der Waals surface area contributed by atoms with Gasteiger partial charge in [-0.3, -0.25) is 0 Å². The van der Waals surface area contributed by atoms with Crippen LogP contribution in [0.1, 0.15) is 30.9 Å². The number of benzene rings is 1. The first-order valence-corrected chi connectivity index (χ1v) is 6.55. The van der Waals surface area contributed by atoms with E-state index in [-0.39, 0.29) is 23.2 Å². The molecule has 7 heteroatoms. The largest absolute Gasteiger partial charge is 0.496 e. The maximum Gasteiger partial charge on any atom is 0.420 e. The second kappa shape index (κ2) is 6.21. The van der Waals surface area contributed by atoms with Crippen molar-refractivity contribution in [2.24, 2.45) is 0 Å². The highest BCUT2D eigenvalue weighted by atomic mass is 19.4. The van der Waals surface area contributed by atoms with Gasteiger partial charge in [-0.25, -0.2) is 9.97 Å². The molecule has 118 valence electrons. The van der Waals surface area contributed by atoms with Crippen LogP contribution in [0, 0.1) is 0 Å². The van der Waals surface area contributed by atoms with E-state index in [1.165, 1.54) is 31.9 Å². The van der Waals surface area contributed by atoms with Gasteiger partial charge >= 0.3 is 6.18 Å². The van der Waals surface area contributed by atoms with Gasteiger partial charge < -0.3 is 9.47 Å². The molecule has 0 aliphatic rings. The standard InChI is InChI=1S/C15H15F3N2O2/c1-9(2)11-4-14(21-3)12(15(16,17)18)5-13(11)22-10-6-19-8-20-7-10/h4-9H,1-3H3. The van der Waals surface area contributed by atoms with Crippen molar-refractivity contribution >= 4 is 0 Å². The van der Waals surface area contributed by atoms with E-state index in [0.717, 1.165) is 6.07 Å². The molecule has 0 aliphatic heterocycles. The molecule has 0 saturated heterocycles. The van der Waals surface area contributed by atoms with Gasteiger partial charge in [-0.15, -0.1) is 0 Å². The Kier molecular flexibility index (Phi) is 4.54. The van der Waals surface area contributed by atoms with Crippen molar-refractivity contribution in [3.8, 4) is 17.2 Å². The number of hydrogen-bond donors (Lipinski definition) is 0. The first-order valence-electron chi connectivity index (χ1n) is 6.55. The molecular weight excluding hydrogens is 297 g/mol. The van der Waals surface area contributed by atoms with E-state index in [2.05, 4.69) is 9.97 Å². The third-order valence-electron chi connectivity index (χ3n) is 3.02. The molecule has 0 amide bonds. The number of halogens is 3. The third kappa shape index (κ3) is 3.47. The number of rotatable bonds is 4. The molecule has 1 aromatic heterocycles. The lowest BCUT2D eigenvalue weighted by molar-refractivity contribution is -0.138. The third-order valence-corrected chi connectivity index (χ3v) is 3.02. The lowest BCUT2D eigenvalue weighted by Crippen LogP contribution is -2.09. The summed E-state index contributed by atoms with van der Waals surface area (Å²) < 4.78 is 49.8. The molecule has 0 unspecified atom stereocenters. The van der Waals surface area contributed by atoms with Crippen molar-refractivity contribution in [3.63, 3.8) is 0 Å². The van der Waals surface area contributed by atoms with E-state index < -0.39 is 11.7 Å². The lowest BCUT2D eigenvalue weighted by atomic mass is 9.99. The molecule has 1 heterocycles. The molecule has 0 fully saturated rings. The quantitative estimate of drug-likeness (QED) is 0.838. The minimum atomic E-state index is -4.54. The van der Waals surface area contributed by atoms with Crippen LogP contribution in [0.3, 0.4) is 0 Å². The maximum absolute atomic E-state index is 13.1. The number of alkyl halides is 3. The Balaban J connectivity index is 2.55. The molecular formula is C15H15F3N2O2. The average molecular weight is 312 g/mol. The number of hydrogen-bond acceptors (Lipinski definition) is 4. The van der Waals surface area contributed by atoms with Crippen molar-refractivity contribution < 1.29 is 22.6 Å². The molecule has 1 aromatic carbocycles. The fourth-order valence-electron chi connectivity index (χ4n) is 1.97. The lowest BCUT2D eigenvalue weighted by Gasteiger charge is -2.19. The summed E-state index contributed by atoms with van der Waals surface area (Å²) in [5.74, 6) is 0.101. The fourth-order valence-corrected chi connectivity index (χ4v) is 1.97. The molecule has 22 heavy (non-hydrogen) atoms. The summed E-state index contributed by atoms with van der Waals surface area (Å²) in [7, 11) is 1.21. The molecule has 0 saturated carbocycles. The summed E-state index contributed by atoms with van der Waals surface area (Å²) >= 11 is 0. The van der Waals surface area contributed by atoms with E-state index in [9.17, 15) is 13.2 Å². The van der Waals surface area contributed by atoms with Crippen LogP contribution in [0.15, 0.2) is 30.9 Å². The molecule has 0 aliphatic carbocycles. The van der Waals surface area contributed by atoms with Gasteiger partial charge in [-0.1, -0.05) is 13.8 Å². The van der Waals surface area contributed by atoms with E-state index in [1.807, 2.05) is 13.8 Å². The highest BCUT2D eigenvalue weighted by molar-refractivity contribution is 5.50. The van der Waals surface area contributed by atoms with Gasteiger partial charge in [0.05, 0.1) is 19.5 Å². The Morgan fingerprint density at radius 2 is 1.68 bits per heavy atom. The van der Waals surface area contributed by atoms with Crippen molar-refractivity contribution in [3.05, 3.63) is 42.0 Å². The van der Waals surface area contributed by atoms with Crippen LogP contribution in [-0.2, 0) is 6.18 Å².